The minimum Gasteiger partial charge on any atom is -0.330 e. The first-order valence-corrected chi connectivity index (χ1v) is 5.35. The summed E-state index contributed by atoms with van der Waals surface area (Å²) in [5.74, 6) is 0. The van der Waals surface area contributed by atoms with Crippen LogP contribution in [0.1, 0.15) is 29.0 Å². The third kappa shape index (κ3) is 1.29. The van der Waals surface area contributed by atoms with E-state index in [0.717, 1.165) is 6.54 Å². The smallest absolute Gasteiger partial charge is 0.0110 e. The highest BCUT2D eigenvalue weighted by molar-refractivity contribution is 7.12. The molecule has 0 radical (unpaired) electrons. The molecule has 12 heavy (non-hydrogen) atoms. The van der Waals surface area contributed by atoms with Gasteiger partial charge in [0.15, 0.2) is 0 Å². The van der Waals surface area contributed by atoms with E-state index in [0.29, 0.717) is 5.41 Å². The predicted molar refractivity (Wildman–Crippen MR) is 53.6 cm³/mol. The third-order valence-corrected chi connectivity index (χ3v) is 3.99. The first-order valence-electron chi connectivity index (χ1n) is 4.54. The fourth-order valence-electron chi connectivity index (χ4n) is 1.77. The predicted octanol–water partition coefficient (Wildman–Crippen LogP) is 2.44. The summed E-state index contributed by atoms with van der Waals surface area (Å²) < 4.78 is 0. The summed E-state index contributed by atoms with van der Waals surface area (Å²) in [7, 11) is 0. The monoisotopic (exact) mass is 181 g/mol. The Morgan fingerprint density at radius 3 is 2.67 bits per heavy atom. The van der Waals surface area contributed by atoms with Gasteiger partial charge in [0.1, 0.15) is 0 Å². The fourth-order valence-corrected chi connectivity index (χ4v) is 2.91. The average Bonchev–Trinajstić information content (AvgIpc) is 2.69. The van der Waals surface area contributed by atoms with E-state index in [4.69, 9.17) is 5.73 Å². The number of thiophene rings is 1. The van der Waals surface area contributed by atoms with E-state index in [9.17, 15) is 0 Å². The minimum absolute atomic E-state index is 0.508. The van der Waals surface area contributed by atoms with Gasteiger partial charge in [0.25, 0.3) is 0 Å². The van der Waals surface area contributed by atoms with Crippen LogP contribution in [0.15, 0.2) is 12.1 Å². The molecule has 0 unspecified atom stereocenters. The van der Waals surface area contributed by atoms with E-state index in [1.165, 1.54) is 24.1 Å². The second-order valence-electron chi connectivity index (χ2n) is 3.73. The van der Waals surface area contributed by atoms with E-state index in [-0.39, 0.29) is 0 Å². The van der Waals surface area contributed by atoms with Gasteiger partial charge in [0, 0.05) is 15.2 Å². The molecule has 0 bridgehead atoms. The molecule has 1 aromatic rings. The largest absolute Gasteiger partial charge is 0.330 e. The molecule has 0 amide bonds. The van der Waals surface area contributed by atoms with Gasteiger partial charge < -0.3 is 5.73 Å². The molecule has 1 saturated carbocycles. The summed E-state index contributed by atoms with van der Waals surface area (Å²) in [6, 6.07) is 4.50. The topological polar surface area (TPSA) is 26.0 Å². The van der Waals surface area contributed by atoms with Crippen molar-refractivity contribution in [1.82, 2.24) is 0 Å². The Morgan fingerprint density at radius 2 is 2.25 bits per heavy atom. The Labute approximate surface area is 77.6 Å². The molecule has 2 heteroatoms. The van der Waals surface area contributed by atoms with Crippen molar-refractivity contribution in [3.05, 3.63) is 21.9 Å². The van der Waals surface area contributed by atoms with Crippen LogP contribution in [0.5, 0.6) is 0 Å². The van der Waals surface area contributed by atoms with Crippen LogP contribution in [0.2, 0.25) is 0 Å². The van der Waals surface area contributed by atoms with E-state index in [1.807, 2.05) is 11.3 Å². The fraction of sp³-hybridized carbons (Fsp3) is 0.600. The third-order valence-electron chi connectivity index (χ3n) is 2.74. The Hall–Kier alpha value is -0.340. The lowest BCUT2D eigenvalue weighted by Crippen LogP contribution is -2.11. The Morgan fingerprint density at radius 1 is 1.50 bits per heavy atom. The molecule has 1 nitrogen and oxygen atoms in total. The zero-order valence-electron chi connectivity index (χ0n) is 7.47. The van der Waals surface area contributed by atoms with Gasteiger partial charge in [-0.2, -0.15) is 0 Å². The molecule has 1 aliphatic carbocycles. The molecule has 2 rings (SSSR count). The normalized spacial score (nSPS) is 19.5. The molecular formula is C10H15NS. The van der Waals surface area contributed by atoms with Gasteiger partial charge in [-0.25, -0.2) is 0 Å². The molecule has 1 aromatic heterocycles. The summed E-state index contributed by atoms with van der Waals surface area (Å²) in [4.78, 5) is 2.98. The maximum Gasteiger partial charge on any atom is 0.0110 e. The number of hydrogen-bond donors (Lipinski definition) is 1. The first-order chi connectivity index (χ1) is 5.77. The van der Waals surface area contributed by atoms with Crippen molar-refractivity contribution in [2.24, 2.45) is 5.73 Å². The quantitative estimate of drug-likeness (QED) is 0.761. The second kappa shape index (κ2) is 2.86. The summed E-state index contributed by atoms with van der Waals surface area (Å²) in [6.45, 7) is 3.00. The number of nitrogens with two attached hydrogens (primary N) is 1. The Balaban J connectivity index is 2.18. The SMILES string of the molecule is Cc1ccc(C2(CCN)CC2)s1. The van der Waals surface area contributed by atoms with E-state index in [1.54, 1.807) is 4.88 Å². The van der Waals surface area contributed by atoms with Crippen LogP contribution in [-0.4, -0.2) is 6.54 Å². The summed E-state index contributed by atoms with van der Waals surface area (Å²) in [5.41, 5.74) is 6.11. The van der Waals surface area contributed by atoms with E-state index < -0.39 is 0 Å². The van der Waals surface area contributed by atoms with Crippen LogP contribution in [0.25, 0.3) is 0 Å². The molecule has 0 aromatic carbocycles. The van der Waals surface area contributed by atoms with Gasteiger partial charge >= 0.3 is 0 Å². The van der Waals surface area contributed by atoms with Crippen LogP contribution in [0.4, 0.5) is 0 Å². The highest BCUT2D eigenvalue weighted by Gasteiger charge is 2.44. The van der Waals surface area contributed by atoms with Gasteiger partial charge in [0.2, 0.25) is 0 Å². The second-order valence-corrected chi connectivity index (χ2v) is 5.02. The standard InChI is InChI=1S/C10H15NS/c1-8-2-3-9(12-8)10(4-5-10)6-7-11/h2-3H,4-7,11H2,1H3. The average molecular weight is 181 g/mol. The molecule has 66 valence electrons. The lowest BCUT2D eigenvalue weighted by atomic mass is 10.0. The summed E-state index contributed by atoms with van der Waals surface area (Å²) in [6.07, 6.45) is 3.88. The van der Waals surface area contributed by atoms with Gasteiger partial charge in [-0.3, -0.25) is 0 Å². The molecule has 1 fully saturated rings. The maximum absolute atomic E-state index is 5.60. The van der Waals surface area contributed by atoms with Crippen molar-refractivity contribution >= 4 is 11.3 Å². The van der Waals surface area contributed by atoms with Crippen LogP contribution in [-0.2, 0) is 5.41 Å². The molecule has 0 aliphatic heterocycles. The van der Waals surface area contributed by atoms with E-state index >= 15 is 0 Å². The van der Waals surface area contributed by atoms with Crippen molar-refractivity contribution in [2.75, 3.05) is 6.54 Å². The Kier molecular flexibility index (Phi) is 1.97. The lowest BCUT2D eigenvalue weighted by molar-refractivity contribution is 0.641. The molecular weight excluding hydrogens is 166 g/mol. The molecule has 2 N–H and O–H groups in total. The van der Waals surface area contributed by atoms with Crippen LogP contribution >= 0.6 is 11.3 Å². The van der Waals surface area contributed by atoms with Crippen molar-refractivity contribution in [2.45, 2.75) is 31.6 Å². The van der Waals surface area contributed by atoms with Crippen LogP contribution in [0, 0.1) is 6.92 Å². The molecule has 0 atom stereocenters. The summed E-state index contributed by atoms with van der Waals surface area (Å²) >= 11 is 1.94. The lowest BCUT2D eigenvalue weighted by Gasteiger charge is -2.10. The van der Waals surface area contributed by atoms with Crippen molar-refractivity contribution in [1.29, 1.82) is 0 Å². The molecule has 1 aliphatic rings. The molecule has 0 spiro atoms. The van der Waals surface area contributed by atoms with Gasteiger partial charge in [-0.05, 0) is 44.9 Å². The first kappa shape index (κ1) is 8.27. The van der Waals surface area contributed by atoms with Crippen molar-refractivity contribution in [3.63, 3.8) is 0 Å². The van der Waals surface area contributed by atoms with Gasteiger partial charge in [0.05, 0.1) is 0 Å². The van der Waals surface area contributed by atoms with Crippen molar-refractivity contribution < 1.29 is 0 Å². The highest BCUT2D eigenvalue weighted by atomic mass is 32.1. The number of rotatable bonds is 3. The number of hydrogen-bond acceptors (Lipinski definition) is 2. The van der Waals surface area contributed by atoms with Gasteiger partial charge in [-0.1, -0.05) is 0 Å². The summed E-state index contributed by atoms with van der Waals surface area (Å²) in [5, 5.41) is 0. The molecule has 1 heterocycles. The Bertz CT molecular complexity index is 273. The molecule has 0 saturated heterocycles. The zero-order chi connectivity index (χ0) is 8.60. The van der Waals surface area contributed by atoms with Crippen LogP contribution in [0.3, 0.4) is 0 Å². The number of aryl methyl sites for hydroxylation is 1. The highest BCUT2D eigenvalue weighted by Crippen LogP contribution is 2.52. The zero-order valence-corrected chi connectivity index (χ0v) is 8.29. The van der Waals surface area contributed by atoms with Crippen LogP contribution < -0.4 is 5.73 Å². The maximum atomic E-state index is 5.60. The van der Waals surface area contributed by atoms with Crippen molar-refractivity contribution in [3.8, 4) is 0 Å². The van der Waals surface area contributed by atoms with Gasteiger partial charge in [-0.15, -0.1) is 11.3 Å². The minimum atomic E-state index is 0.508. The van der Waals surface area contributed by atoms with E-state index in [2.05, 4.69) is 19.1 Å².